The Kier molecular flexibility index (Phi) is 5.09. The summed E-state index contributed by atoms with van der Waals surface area (Å²) in [6.45, 7) is 1.37. The van der Waals surface area contributed by atoms with Crippen LogP contribution in [0, 0.1) is 12.7 Å². The van der Waals surface area contributed by atoms with Gasteiger partial charge in [-0.3, -0.25) is 4.72 Å². The lowest BCUT2D eigenvalue weighted by molar-refractivity contribution is 0.285. The van der Waals surface area contributed by atoms with Crippen LogP contribution in [0.15, 0.2) is 31.4 Å². The number of halogens is 3. The number of anilines is 1. The number of aliphatic hydroxyl groups excluding tert-OH is 1. The highest BCUT2D eigenvalue weighted by Gasteiger charge is 2.22. The largest absolute Gasteiger partial charge is 0.391 e. The zero-order chi connectivity index (χ0) is 15.8. The van der Waals surface area contributed by atoms with E-state index < -0.39 is 15.8 Å². The zero-order valence-electron chi connectivity index (χ0n) is 10.7. The number of rotatable bonds is 4. The highest BCUT2D eigenvalue weighted by atomic mass is 79.9. The molecule has 0 radical (unpaired) electrons. The maximum atomic E-state index is 13.4. The molecule has 2 aromatic rings. The van der Waals surface area contributed by atoms with Crippen molar-refractivity contribution in [2.75, 3.05) is 4.72 Å². The Morgan fingerprint density at radius 2 is 2.00 bits per heavy atom. The van der Waals surface area contributed by atoms with Crippen molar-refractivity contribution in [1.29, 1.82) is 0 Å². The van der Waals surface area contributed by atoms with Gasteiger partial charge >= 0.3 is 0 Å². The van der Waals surface area contributed by atoms with Crippen LogP contribution in [0.3, 0.4) is 0 Å². The Hall–Kier alpha value is -0.480. The molecule has 0 aliphatic carbocycles. The van der Waals surface area contributed by atoms with Crippen molar-refractivity contribution < 1.29 is 17.9 Å². The second-order valence-corrected chi connectivity index (χ2v) is 9.16. The van der Waals surface area contributed by atoms with Crippen molar-refractivity contribution >= 4 is 58.9 Å². The number of hydrogen-bond acceptors (Lipinski definition) is 4. The zero-order valence-corrected chi connectivity index (χ0v) is 15.5. The minimum absolute atomic E-state index is 0.0383. The molecule has 0 saturated carbocycles. The molecule has 1 aromatic carbocycles. The fourth-order valence-corrected chi connectivity index (χ4v) is 5.62. The van der Waals surface area contributed by atoms with Crippen molar-refractivity contribution in [3.05, 3.63) is 42.7 Å². The van der Waals surface area contributed by atoms with Gasteiger partial charge in [0.15, 0.2) is 0 Å². The van der Waals surface area contributed by atoms with Crippen LogP contribution in [0.1, 0.15) is 10.4 Å². The van der Waals surface area contributed by atoms with Crippen LogP contribution in [-0.4, -0.2) is 13.5 Å². The molecule has 0 aliphatic rings. The smallest absolute Gasteiger partial charge is 0.263 e. The number of aryl methyl sites for hydroxylation is 1. The minimum atomic E-state index is -3.83. The standard InChI is InChI=1S/C12H10Br2FNO3S2/c1-6-2-9(15)8(13)4-10(6)16-21(18,19)11-3-7(5-17)20-12(11)14/h2-4,16-17H,5H2,1H3. The molecule has 0 atom stereocenters. The van der Waals surface area contributed by atoms with Crippen LogP contribution in [-0.2, 0) is 16.6 Å². The lowest BCUT2D eigenvalue weighted by Crippen LogP contribution is -2.13. The molecule has 1 aromatic heterocycles. The lowest BCUT2D eigenvalue weighted by Gasteiger charge is -2.11. The van der Waals surface area contributed by atoms with Crippen LogP contribution in [0.5, 0.6) is 0 Å². The molecule has 0 saturated heterocycles. The highest BCUT2D eigenvalue weighted by molar-refractivity contribution is 9.11. The van der Waals surface area contributed by atoms with Gasteiger partial charge in [-0.15, -0.1) is 11.3 Å². The third-order valence-electron chi connectivity index (χ3n) is 2.66. The average molecular weight is 459 g/mol. The lowest BCUT2D eigenvalue weighted by atomic mass is 10.2. The van der Waals surface area contributed by atoms with Crippen molar-refractivity contribution in [1.82, 2.24) is 0 Å². The summed E-state index contributed by atoms with van der Waals surface area (Å²) in [5.74, 6) is -0.463. The van der Waals surface area contributed by atoms with Gasteiger partial charge in [-0.05, 0) is 62.5 Å². The third-order valence-corrected chi connectivity index (χ3v) is 6.87. The average Bonchev–Trinajstić information content (AvgIpc) is 2.78. The van der Waals surface area contributed by atoms with E-state index in [4.69, 9.17) is 5.11 Å². The topological polar surface area (TPSA) is 66.4 Å². The first kappa shape index (κ1) is 16.9. The number of benzene rings is 1. The number of nitrogens with one attached hydrogen (secondary N) is 1. The predicted molar refractivity (Wildman–Crippen MR) is 87.6 cm³/mol. The number of thiophene rings is 1. The van der Waals surface area contributed by atoms with Crippen molar-refractivity contribution in [3.8, 4) is 0 Å². The molecule has 0 unspecified atom stereocenters. The summed E-state index contributed by atoms with van der Waals surface area (Å²) >= 11 is 7.33. The Morgan fingerprint density at radius 1 is 1.33 bits per heavy atom. The molecule has 0 amide bonds. The first-order chi connectivity index (χ1) is 9.74. The maximum Gasteiger partial charge on any atom is 0.263 e. The van der Waals surface area contributed by atoms with E-state index in [0.29, 0.717) is 14.2 Å². The van der Waals surface area contributed by atoms with Gasteiger partial charge in [0.2, 0.25) is 0 Å². The number of sulfonamides is 1. The van der Waals surface area contributed by atoms with E-state index in [9.17, 15) is 12.8 Å². The Bertz CT molecular complexity index is 790. The fraction of sp³-hybridized carbons (Fsp3) is 0.167. The fourth-order valence-electron chi connectivity index (χ4n) is 1.61. The van der Waals surface area contributed by atoms with Gasteiger partial charge in [0.1, 0.15) is 10.7 Å². The molecular formula is C12H10Br2FNO3S2. The molecule has 0 spiro atoms. The molecule has 21 heavy (non-hydrogen) atoms. The van der Waals surface area contributed by atoms with Crippen molar-refractivity contribution in [2.45, 2.75) is 18.4 Å². The SMILES string of the molecule is Cc1cc(F)c(Br)cc1NS(=O)(=O)c1cc(CO)sc1Br. The molecule has 0 bridgehead atoms. The second kappa shape index (κ2) is 6.33. The Morgan fingerprint density at radius 3 is 2.57 bits per heavy atom. The van der Waals surface area contributed by atoms with Crippen molar-refractivity contribution in [2.24, 2.45) is 0 Å². The van der Waals surface area contributed by atoms with E-state index in [0.717, 1.165) is 11.3 Å². The molecule has 2 rings (SSSR count). The molecule has 1 heterocycles. The van der Waals surface area contributed by atoms with E-state index in [1.54, 1.807) is 6.92 Å². The summed E-state index contributed by atoms with van der Waals surface area (Å²) in [4.78, 5) is 0.565. The van der Waals surface area contributed by atoms with Crippen LogP contribution in [0.2, 0.25) is 0 Å². The van der Waals surface area contributed by atoms with Gasteiger partial charge in [0.05, 0.1) is 20.6 Å². The van der Waals surface area contributed by atoms with Crippen LogP contribution < -0.4 is 4.72 Å². The van der Waals surface area contributed by atoms with Crippen LogP contribution >= 0.6 is 43.2 Å². The highest BCUT2D eigenvalue weighted by Crippen LogP contribution is 2.34. The molecule has 114 valence electrons. The van der Waals surface area contributed by atoms with Gasteiger partial charge < -0.3 is 5.11 Å². The molecule has 4 nitrogen and oxygen atoms in total. The van der Waals surface area contributed by atoms with Crippen LogP contribution in [0.25, 0.3) is 0 Å². The van der Waals surface area contributed by atoms with E-state index in [2.05, 4.69) is 36.6 Å². The Balaban J connectivity index is 2.42. The predicted octanol–water partition coefficient (Wildman–Crippen LogP) is 4.01. The number of hydrogen-bond donors (Lipinski definition) is 2. The van der Waals surface area contributed by atoms with E-state index in [-0.39, 0.29) is 21.7 Å². The molecule has 0 aliphatic heterocycles. The Labute approximate surface area is 142 Å². The van der Waals surface area contributed by atoms with E-state index >= 15 is 0 Å². The number of aliphatic hydroxyl groups is 1. The van der Waals surface area contributed by atoms with E-state index in [1.807, 2.05) is 0 Å². The minimum Gasteiger partial charge on any atom is -0.391 e. The molecular weight excluding hydrogens is 449 g/mol. The molecule has 2 N–H and O–H groups in total. The van der Waals surface area contributed by atoms with Gasteiger partial charge in [0, 0.05) is 4.88 Å². The second-order valence-electron chi connectivity index (χ2n) is 4.20. The summed E-state index contributed by atoms with van der Waals surface area (Å²) < 4.78 is 41.1. The summed E-state index contributed by atoms with van der Waals surface area (Å²) in [6, 6.07) is 4.00. The summed E-state index contributed by atoms with van der Waals surface area (Å²) in [5.41, 5.74) is 0.750. The first-order valence-electron chi connectivity index (χ1n) is 5.62. The van der Waals surface area contributed by atoms with Gasteiger partial charge in [0.25, 0.3) is 10.0 Å². The summed E-state index contributed by atoms with van der Waals surface area (Å²) in [6.07, 6.45) is 0. The van der Waals surface area contributed by atoms with Gasteiger partial charge in [-0.25, -0.2) is 12.8 Å². The normalized spacial score (nSPS) is 11.7. The monoisotopic (exact) mass is 457 g/mol. The van der Waals surface area contributed by atoms with Gasteiger partial charge in [-0.1, -0.05) is 0 Å². The maximum absolute atomic E-state index is 13.4. The van der Waals surface area contributed by atoms with E-state index in [1.165, 1.54) is 18.2 Å². The molecule has 0 fully saturated rings. The first-order valence-corrected chi connectivity index (χ1v) is 9.50. The van der Waals surface area contributed by atoms with Gasteiger partial charge in [-0.2, -0.15) is 0 Å². The quantitative estimate of drug-likeness (QED) is 0.727. The third kappa shape index (κ3) is 3.65. The summed E-state index contributed by atoms with van der Waals surface area (Å²) in [5, 5.41) is 9.07. The summed E-state index contributed by atoms with van der Waals surface area (Å²) in [7, 11) is -3.83. The van der Waals surface area contributed by atoms with Crippen molar-refractivity contribution in [3.63, 3.8) is 0 Å². The molecule has 9 heteroatoms. The van der Waals surface area contributed by atoms with Crippen LogP contribution in [0.4, 0.5) is 10.1 Å².